The van der Waals surface area contributed by atoms with E-state index in [0.717, 1.165) is 32.1 Å². The fourth-order valence-corrected chi connectivity index (χ4v) is 7.67. The number of methoxy groups -OCH3 is 1. The van der Waals surface area contributed by atoms with Crippen molar-refractivity contribution in [3.63, 3.8) is 0 Å². The van der Waals surface area contributed by atoms with Crippen LogP contribution in [0.3, 0.4) is 0 Å². The van der Waals surface area contributed by atoms with Crippen LogP contribution < -0.4 is 0 Å². The summed E-state index contributed by atoms with van der Waals surface area (Å²) in [4.78, 5) is 24.7. The van der Waals surface area contributed by atoms with Gasteiger partial charge in [0.2, 0.25) is 6.29 Å². The van der Waals surface area contributed by atoms with Crippen molar-refractivity contribution in [2.45, 2.75) is 103 Å². The molecule has 7 atom stereocenters. The topological polar surface area (TPSA) is 71.1 Å². The van der Waals surface area contributed by atoms with Crippen molar-refractivity contribution in [2.24, 2.45) is 22.7 Å². The number of hydrogen-bond acceptors (Lipinski definition) is 6. The minimum absolute atomic E-state index is 0.0324. The van der Waals surface area contributed by atoms with Gasteiger partial charge in [0, 0.05) is 25.4 Å². The summed E-state index contributed by atoms with van der Waals surface area (Å²) in [5, 5.41) is 0. The Labute approximate surface area is 174 Å². The van der Waals surface area contributed by atoms with Gasteiger partial charge in [0.05, 0.1) is 12.0 Å². The average molecular weight is 409 g/mol. The summed E-state index contributed by atoms with van der Waals surface area (Å²) in [6.07, 6.45) is 5.30. The molecule has 0 aromatic heterocycles. The lowest BCUT2D eigenvalue weighted by Crippen LogP contribution is -2.67. The van der Waals surface area contributed by atoms with E-state index in [2.05, 4.69) is 27.7 Å². The minimum Gasteiger partial charge on any atom is -0.462 e. The Bertz CT molecular complexity index is 703. The summed E-state index contributed by atoms with van der Waals surface area (Å²) < 4.78 is 23.6. The van der Waals surface area contributed by atoms with Crippen LogP contribution in [0, 0.1) is 22.7 Å². The van der Waals surface area contributed by atoms with Gasteiger partial charge in [-0.3, -0.25) is 4.79 Å². The lowest BCUT2D eigenvalue weighted by atomic mass is 9.43. The summed E-state index contributed by atoms with van der Waals surface area (Å²) in [7, 11) is 1.57. The lowest BCUT2D eigenvalue weighted by Gasteiger charge is -2.65. The summed E-state index contributed by atoms with van der Waals surface area (Å²) in [6, 6.07) is 0. The van der Waals surface area contributed by atoms with E-state index < -0.39 is 17.5 Å². The molecule has 6 nitrogen and oxygen atoms in total. The van der Waals surface area contributed by atoms with E-state index in [0.29, 0.717) is 12.8 Å². The van der Waals surface area contributed by atoms with Crippen molar-refractivity contribution in [3.05, 3.63) is 0 Å². The van der Waals surface area contributed by atoms with Crippen LogP contribution in [0.15, 0.2) is 0 Å². The Morgan fingerprint density at radius 2 is 1.86 bits per heavy atom. The number of hydrogen-bond donors (Lipinski definition) is 0. The third-order valence-corrected chi connectivity index (χ3v) is 8.73. The third kappa shape index (κ3) is 2.88. The normalized spacial score (nSPS) is 48.6. The molecule has 164 valence electrons. The molecule has 4 fully saturated rings. The SMILES string of the molecule is CO[C@@H]1C[C@]2(CC[C@]3(O2)[C@@H](C)C[C@H](OC(C)=O)[C@@H]2C(C)(C)CCC[C@]23C)C(=O)O1. The van der Waals surface area contributed by atoms with E-state index in [1.165, 1.54) is 6.92 Å². The van der Waals surface area contributed by atoms with Crippen molar-refractivity contribution in [3.8, 4) is 0 Å². The molecule has 2 aliphatic carbocycles. The highest BCUT2D eigenvalue weighted by atomic mass is 16.7. The highest BCUT2D eigenvalue weighted by Crippen LogP contribution is 2.68. The van der Waals surface area contributed by atoms with Gasteiger partial charge in [0.1, 0.15) is 6.10 Å². The van der Waals surface area contributed by atoms with Crippen LogP contribution in [-0.2, 0) is 28.5 Å². The summed E-state index contributed by atoms with van der Waals surface area (Å²) >= 11 is 0. The quantitative estimate of drug-likeness (QED) is 0.643. The number of rotatable bonds is 2. The Hall–Kier alpha value is -1.14. The van der Waals surface area contributed by atoms with Gasteiger partial charge in [-0.2, -0.15) is 0 Å². The largest absolute Gasteiger partial charge is 0.462 e. The van der Waals surface area contributed by atoms with Crippen LogP contribution in [0.4, 0.5) is 0 Å². The molecule has 2 heterocycles. The summed E-state index contributed by atoms with van der Waals surface area (Å²) in [5.74, 6) is -0.135. The van der Waals surface area contributed by atoms with E-state index in [-0.39, 0.29) is 40.7 Å². The zero-order valence-electron chi connectivity index (χ0n) is 18.7. The van der Waals surface area contributed by atoms with Crippen LogP contribution in [0.1, 0.15) is 79.6 Å². The number of carbonyl (C=O) groups is 2. The molecule has 0 unspecified atom stereocenters. The van der Waals surface area contributed by atoms with E-state index in [9.17, 15) is 9.59 Å². The highest BCUT2D eigenvalue weighted by Gasteiger charge is 2.72. The molecular weight excluding hydrogens is 372 g/mol. The van der Waals surface area contributed by atoms with Gasteiger partial charge in [-0.25, -0.2) is 4.79 Å². The number of ether oxygens (including phenoxy) is 4. The summed E-state index contributed by atoms with van der Waals surface area (Å²) in [6.45, 7) is 10.6. The first-order valence-corrected chi connectivity index (χ1v) is 11.1. The monoisotopic (exact) mass is 408 g/mol. The average Bonchev–Trinajstić information content (AvgIpc) is 3.15. The third-order valence-electron chi connectivity index (χ3n) is 8.73. The Balaban J connectivity index is 1.75. The Morgan fingerprint density at radius 1 is 1.14 bits per heavy atom. The minimum atomic E-state index is -0.904. The first kappa shape index (κ1) is 21.1. The summed E-state index contributed by atoms with van der Waals surface area (Å²) in [5.41, 5.74) is -1.47. The fraction of sp³-hybridized carbons (Fsp3) is 0.913. The molecule has 0 amide bonds. The van der Waals surface area contributed by atoms with Crippen molar-refractivity contribution in [1.82, 2.24) is 0 Å². The predicted octanol–water partition coefficient (Wildman–Crippen LogP) is 4.00. The van der Waals surface area contributed by atoms with Gasteiger partial charge in [-0.15, -0.1) is 0 Å². The highest BCUT2D eigenvalue weighted by molar-refractivity contribution is 5.82. The van der Waals surface area contributed by atoms with Crippen molar-refractivity contribution in [1.29, 1.82) is 0 Å². The standard InChI is InChI=1S/C23H36O6/c1-14-12-16(27-15(2)24)18-20(3,4)8-7-9-21(18,5)23(14)11-10-22(29-23)13-17(26-6)28-19(22)25/h14,16-18H,7-13H2,1-6H3/t14-,16-,17-,18+,21+,22+,23-/m0/s1. The molecule has 2 aliphatic heterocycles. The van der Waals surface area contributed by atoms with Gasteiger partial charge in [0.25, 0.3) is 0 Å². The van der Waals surface area contributed by atoms with Crippen molar-refractivity contribution in [2.75, 3.05) is 7.11 Å². The maximum atomic E-state index is 12.8. The molecule has 4 rings (SSSR count). The Kier molecular flexibility index (Phi) is 4.86. The predicted molar refractivity (Wildman–Crippen MR) is 106 cm³/mol. The molecule has 4 aliphatic rings. The van der Waals surface area contributed by atoms with Gasteiger partial charge in [0.15, 0.2) is 5.60 Å². The molecule has 29 heavy (non-hydrogen) atoms. The van der Waals surface area contributed by atoms with E-state index in [1.807, 2.05) is 0 Å². The first-order chi connectivity index (χ1) is 13.5. The van der Waals surface area contributed by atoms with Gasteiger partial charge >= 0.3 is 11.9 Å². The van der Waals surface area contributed by atoms with E-state index in [1.54, 1.807) is 7.11 Å². The maximum absolute atomic E-state index is 12.8. The molecular formula is C23H36O6. The molecule has 2 saturated carbocycles. The number of esters is 2. The number of fused-ring (bicyclic) bond motifs is 2. The van der Waals surface area contributed by atoms with E-state index >= 15 is 0 Å². The molecule has 0 N–H and O–H groups in total. The zero-order valence-corrected chi connectivity index (χ0v) is 18.7. The zero-order chi connectivity index (χ0) is 21.2. The van der Waals surface area contributed by atoms with Crippen LogP contribution >= 0.6 is 0 Å². The molecule has 0 radical (unpaired) electrons. The molecule has 2 saturated heterocycles. The van der Waals surface area contributed by atoms with Crippen LogP contribution in [0.25, 0.3) is 0 Å². The molecule has 0 aromatic carbocycles. The second-order valence-electron chi connectivity index (χ2n) is 10.8. The van der Waals surface area contributed by atoms with Crippen LogP contribution in [-0.4, -0.2) is 42.6 Å². The fourth-order valence-electron chi connectivity index (χ4n) is 7.67. The van der Waals surface area contributed by atoms with Crippen LogP contribution in [0.5, 0.6) is 0 Å². The molecule has 6 heteroatoms. The van der Waals surface area contributed by atoms with Gasteiger partial charge < -0.3 is 18.9 Å². The van der Waals surface area contributed by atoms with Gasteiger partial charge in [-0.1, -0.05) is 34.1 Å². The van der Waals surface area contributed by atoms with E-state index in [4.69, 9.17) is 18.9 Å². The maximum Gasteiger partial charge on any atom is 0.340 e. The number of carbonyl (C=O) groups excluding carboxylic acids is 2. The van der Waals surface area contributed by atoms with Crippen molar-refractivity contribution >= 4 is 11.9 Å². The van der Waals surface area contributed by atoms with Crippen molar-refractivity contribution < 1.29 is 28.5 Å². The second-order valence-corrected chi connectivity index (χ2v) is 10.8. The lowest BCUT2D eigenvalue weighted by molar-refractivity contribution is -0.270. The Morgan fingerprint density at radius 3 is 2.48 bits per heavy atom. The number of cyclic esters (lactones) is 1. The smallest absolute Gasteiger partial charge is 0.340 e. The van der Waals surface area contributed by atoms with Gasteiger partial charge in [-0.05, 0) is 43.4 Å². The second kappa shape index (κ2) is 6.68. The first-order valence-electron chi connectivity index (χ1n) is 11.1. The molecule has 2 spiro atoms. The molecule has 0 aromatic rings. The van der Waals surface area contributed by atoms with Crippen LogP contribution in [0.2, 0.25) is 0 Å². The molecule has 0 bridgehead atoms.